The molecule has 104 valence electrons. The molecule has 2 unspecified atom stereocenters. The summed E-state index contributed by atoms with van der Waals surface area (Å²) in [7, 11) is 0. The van der Waals surface area contributed by atoms with Gasteiger partial charge in [-0.1, -0.05) is 0 Å². The highest BCUT2D eigenvalue weighted by molar-refractivity contribution is 7.98. The van der Waals surface area contributed by atoms with E-state index < -0.39 is 0 Å². The van der Waals surface area contributed by atoms with E-state index in [0.717, 1.165) is 34.9 Å². The van der Waals surface area contributed by atoms with Gasteiger partial charge in [0.2, 0.25) is 0 Å². The molecule has 2 atom stereocenters. The van der Waals surface area contributed by atoms with Crippen LogP contribution in [-0.2, 0) is 0 Å². The van der Waals surface area contributed by atoms with Gasteiger partial charge in [-0.3, -0.25) is 0 Å². The fourth-order valence-corrected chi connectivity index (χ4v) is 2.95. The highest BCUT2D eigenvalue weighted by atomic mass is 35.5. The first-order chi connectivity index (χ1) is 9.04. The van der Waals surface area contributed by atoms with E-state index in [1.807, 2.05) is 37.7 Å². The lowest BCUT2D eigenvalue weighted by molar-refractivity contribution is 0.522. The lowest BCUT2D eigenvalue weighted by atomic mass is 10.2. The van der Waals surface area contributed by atoms with Gasteiger partial charge >= 0.3 is 0 Å². The Labute approximate surface area is 123 Å². The number of halogens is 1. The second-order valence-corrected chi connectivity index (χ2v) is 6.52. The van der Waals surface area contributed by atoms with Crippen LogP contribution >= 0.6 is 23.4 Å². The Balaban J connectivity index is 2.53. The minimum Gasteiger partial charge on any atom is -0.309 e. The van der Waals surface area contributed by atoms with E-state index in [4.69, 9.17) is 11.6 Å². The summed E-state index contributed by atoms with van der Waals surface area (Å²) in [5, 5.41) is -0.105. The number of alkyl halides is 1. The minimum absolute atomic E-state index is 0.105. The predicted octanol–water partition coefficient (Wildman–Crippen LogP) is 4.35. The molecule has 0 aliphatic heterocycles. The molecule has 0 saturated carbocycles. The molecule has 2 aromatic heterocycles. The van der Waals surface area contributed by atoms with Gasteiger partial charge in [0.25, 0.3) is 0 Å². The summed E-state index contributed by atoms with van der Waals surface area (Å²) in [6.07, 6.45) is 3.23. The van der Waals surface area contributed by atoms with Crippen molar-refractivity contribution in [2.75, 3.05) is 12.0 Å². The Morgan fingerprint density at radius 1 is 1.32 bits per heavy atom. The van der Waals surface area contributed by atoms with Crippen LogP contribution in [0, 0.1) is 6.92 Å². The van der Waals surface area contributed by atoms with Crippen LogP contribution < -0.4 is 0 Å². The monoisotopic (exact) mass is 297 g/mol. The molecule has 19 heavy (non-hydrogen) atoms. The van der Waals surface area contributed by atoms with Crippen molar-refractivity contribution in [3.63, 3.8) is 0 Å². The molecule has 0 radical (unpaired) electrons. The Morgan fingerprint density at radius 2 is 2.05 bits per heavy atom. The highest BCUT2D eigenvalue weighted by Crippen LogP contribution is 2.28. The molecular weight excluding hydrogens is 278 g/mol. The molecule has 2 rings (SSSR count). The zero-order valence-corrected chi connectivity index (χ0v) is 13.4. The number of imidazole rings is 1. The third-order valence-electron chi connectivity index (χ3n) is 3.24. The van der Waals surface area contributed by atoms with Gasteiger partial charge in [0.15, 0.2) is 5.65 Å². The second-order valence-electron chi connectivity index (χ2n) is 4.88. The van der Waals surface area contributed by atoms with Crippen molar-refractivity contribution in [1.29, 1.82) is 0 Å². The maximum atomic E-state index is 6.28. The molecule has 0 aromatic carbocycles. The third-order valence-corrected chi connectivity index (χ3v) is 4.08. The SMILES string of the molecule is CSCCC(C)n1c(C(C)Cl)nc2ccc(C)nc21. The standard InChI is InChI=1S/C14H20ClN3S/c1-9-5-6-12-14(16-9)18(10(2)7-8-19-4)13(17-12)11(3)15/h5-6,10-11H,7-8H2,1-4H3. The van der Waals surface area contributed by atoms with E-state index in [1.165, 1.54) is 0 Å². The summed E-state index contributed by atoms with van der Waals surface area (Å²) in [5.41, 5.74) is 2.90. The summed E-state index contributed by atoms with van der Waals surface area (Å²) < 4.78 is 2.20. The summed E-state index contributed by atoms with van der Waals surface area (Å²) in [6, 6.07) is 4.38. The number of fused-ring (bicyclic) bond motifs is 1. The first-order valence-electron chi connectivity index (χ1n) is 6.53. The Bertz CT molecular complexity index is 565. The van der Waals surface area contributed by atoms with Gasteiger partial charge in [0.05, 0.1) is 5.38 Å². The van der Waals surface area contributed by atoms with Crippen molar-refractivity contribution in [3.05, 3.63) is 23.7 Å². The molecule has 2 heterocycles. The molecule has 5 heteroatoms. The largest absolute Gasteiger partial charge is 0.309 e. The van der Waals surface area contributed by atoms with Crippen LogP contribution in [-0.4, -0.2) is 26.5 Å². The summed E-state index contributed by atoms with van der Waals surface area (Å²) in [5.74, 6) is 2.05. The van der Waals surface area contributed by atoms with Gasteiger partial charge in [0, 0.05) is 11.7 Å². The zero-order valence-electron chi connectivity index (χ0n) is 11.9. The van der Waals surface area contributed by atoms with Gasteiger partial charge in [-0.15, -0.1) is 11.6 Å². The topological polar surface area (TPSA) is 30.7 Å². The summed E-state index contributed by atoms with van der Waals surface area (Å²) in [4.78, 5) is 9.29. The average Bonchev–Trinajstić information content (AvgIpc) is 2.74. The fourth-order valence-electron chi connectivity index (χ4n) is 2.22. The van der Waals surface area contributed by atoms with Crippen LogP contribution in [0.3, 0.4) is 0 Å². The number of aryl methyl sites for hydroxylation is 1. The molecule has 0 N–H and O–H groups in total. The number of aromatic nitrogens is 3. The van der Waals surface area contributed by atoms with Crippen molar-refractivity contribution in [2.45, 2.75) is 38.6 Å². The van der Waals surface area contributed by atoms with Gasteiger partial charge in [-0.2, -0.15) is 11.8 Å². The van der Waals surface area contributed by atoms with Crippen LogP contribution in [0.4, 0.5) is 0 Å². The molecule has 0 saturated heterocycles. The molecule has 0 fully saturated rings. The molecule has 0 aliphatic rings. The maximum absolute atomic E-state index is 6.28. The van der Waals surface area contributed by atoms with E-state index in [2.05, 4.69) is 27.7 Å². The number of hydrogen-bond donors (Lipinski definition) is 0. The van der Waals surface area contributed by atoms with Crippen LogP contribution in [0.25, 0.3) is 11.2 Å². The lowest BCUT2D eigenvalue weighted by Gasteiger charge is -2.17. The normalized spacial score (nSPS) is 14.8. The number of thioether (sulfide) groups is 1. The van der Waals surface area contributed by atoms with Crippen LogP contribution in [0.15, 0.2) is 12.1 Å². The van der Waals surface area contributed by atoms with Gasteiger partial charge in [0.1, 0.15) is 11.3 Å². The molecule has 0 amide bonds. The molecule has 0 aliphatic carbocycles. The maximum Gasteiger partial charge on any atom is 0.160 e. The van der Waals surface area contributed by atoms with Crippen molar-refractivity contribution < 1.29 is 0 Å². The number of nitrogens with zero attached hydrogens (tertiary/aromatic N) is 3. The van der Waals surface area contributed by atoms with Crippen molar-refractivity contribution >= 4 is 34.5 Å². The average molecular weight is 298 g/mol. The summed E-state index contributed by atoms with van der Waals surface area (Å²) in [6.45, 7) is 6.19. The van der Waals surface area contributed by atoms with E-state index in [-0.39, 0.29) is 5.38 Å². The lowest BCUT2D eigenvalue weighted by Crippen LogP contribution is -2.11. The minimum atomic E-state index is -0.105. The fraction of sp³-hybridized carbons (Fsp3) is 0.571. The molecule has 0 bridgehead atoms. The van der Waals surface area contributed by atoms with Crippen molar-refractivity contribution in [1.82, 2.24) is 14.5 Å². The van der Waals surface area contributed by atoms with Gasteiger partial charge in [-0.05, 0) is 51.3 Å². The highest BCUT2D eigenvalue weighted by Gasteiger charge is 2.19. The number of pyridine rings is 1. The van der Waals surface area contributed by atoms with Crippen LogP contribution in [0.5, 0.6) is 0 Å². The Kier molecular flexibility index (Phi) is 4.74. The van der Waals surface area contributed by atoms with Crippen LogP contribution in [0.2, 0.25) is 0 Å². The quantitative estimate of drug-likeness (QED) is 0.769. The van der Waals surface area contributed by atoms with E-state index in [0.29, 0.717) is 6.04 Å². The Hall–Kier alpha value is -0.740. The molecule has 2 aromatic rings. The van der Waals surface area contributed by atoms with E-state index >= 15 is 0 Å². The van der Waals surface area contributed by atoms with Crippen molar-refractivity contribution in [3.8, 4) is 0 Å². The van der Waals surface area contributed by atoms with Gasteiger partial charge in [-0.25, -0.2) is 9.97 Å². The third kappa shape index (κ3) is 3.06. The molecule has 0 spiro atoms. The number of hydrogen-bond acceptors (Lipinski definition) is 3. The first kappa shape index (κ1) is 14.7. The first-order valence-corrected chi connectivity index (χ1v) is 8.36. The zero-order chi connectivity index (χ0) is 14.0. The van der Waals surface area contributed by atoms with E-state index in [1.54, 1.807) is 0 Å². The Morgan fingerprint density at radius 3 is 2.68 bits per heavy atom. The summed E-state index contributed by atoms with van der Waals surface area (Å²) >= 11 is 8.14. The molecular formula is C14H20ClN3S. The number of rotatable bonds is 5. The van der Waals surface area contributed by atoms with Gasteiger partial charge < -0.3 is 4.57 Å². The smallest absolute Gasteiger partial charge is 0.160 e. The van der Waals surface area contributed by atoms with Crippen LogP contribution in [0.1, 0.15) is 43.2 Å². The van der Waals surface area contributed by atoms with E-state index in [9.17, 15) is 0 Å². The second kappa shape index (κ2) is 6.14. The van der Waals surface area contributed by atoms with Crippen molar-refractivity contribution in [2.24, 2.45) is 0 Å². The molecule has 3 nitrogen and oxygen atoms in total. The predicted molar refractivity (Wildman–Crippen MR) is 84.2 cm³/mol.